The second-order valence-corrected chi connectivity index (χ2v) is 6.41. The zero-order chi connectivity index (χ0) is 17.8. The predicted molar refractivity (Wildman–Crippen MR) is 101 cm³/mol. The Morgan fingerprint density at radius 1 is 1.16 bits per heavy atom. The first kappa shape index (κ1) is 17.0. The van der Waals surface area contributed by atoms with Gasteiger partial charge in [0, 0.05) is 11.6 Å². The fraction of sp³-hybridized carbons (Fsp3) is 0.238. The van der Waals surface area contributed by atoms with Crippen molar-refractivity contribution in [1.82, 2.24) is 4.98 Å². The molecule has 1 N–H and O–H groups in total. The number of carbonyl (C=O) groups is 1. The maximum atomic E-state index is 12.3. The van der Waals surface area contributed by atoms with Crippen LogP contribution >= 0.6 is 0 Å². The Morgan fingerprint density at radius 2 is 2.00 bits per heavy atom. The lowest BCUT2D eigenvalue weighted by Crippen LogP contribution is -2.20. The molecule has 128 valence electrons. The molecule has 3 rings (SSSR count). The van der Waals surface area contributed by atoms with E-state index >= 15 is 0 Å². The van der Waals surface area contributed by atoms with Gasteiger partial charge in [0.15, 0.2) is 6.61 Å². The standard InChI is InChI=1S/C21H22N2O2/c1-14(2)16-10-9-15(3)12-20(16)25-13-21(24)23-19-8-4-7-18-17(19)6-5-11-22-18/h4-12,14H,13H2,1-3H3,(H,23,24). The fourth-order valence-electron chi connectivity index (χ4n) is 2.79. The quantitative estimate of drug-likeness (QED) is 0.737. The van der Waals surface area contributed by atoms with Crippen molar-refractivity contribution in [3.63, 3.8) is 0 Å². The molecule has 0 radical (unpaired) electrons. The zero-order valence-corrected chi connectivity index (χ0v) is 14.7. The van der Waals surface area contributed by atoms with Crippen molar-refractivity contribution in [1.29, 1.82) is 0 Å². The molecule has 2 aromatic carbocycles. The van der Waals surface area contributed by atoms with Gasteiger partial charge in [0.2, 0.25) is 0 Å². The van der Waals surface area contributed by atoms with Crippen molar-refractivity contribution < 1.29 is 9.53 Å². The highest BCUT2D eigenvalue weighted by molar-refractivity contribution is 6.01. The van der Waals surface area contributed by atoms with E-state index in [0.717, 1.165) is 33.5 Å². The number of carbonyl (C=O) groups excluding carboxylic acids is 1. The number of nitrogens with one attached hydrogen (secondary N) is 1. The molecule has 0 bridgehead atoms. The number of aryl methyl sites for hydroxylation is 1. The maximum absolute atomic E-state index is 12.3. The summed E-state index contributed by atoms with van der Waals surface area (Å²) in [7, 11) is 0. The van der Waals surface area contributed by atoms with Crippen molar-refractivity contribution >= 4 is 22.5 Å². The van der Waals surface area contributed by atoms with Crippen LogP contribution in [0.1, 0.15) is 30.9 Å². The summed E-state index contributed by atoms with van der Waals surface area (Å²) in [4.78, 5) is 16.6. The summed E-state index contributed by atoms with van der Waals surface area (Å²) in [6.07, 6.45) is 1.74. The van der Waals surface area contributed by atoms with Gasteiger partial charge < -0.3 is 10.1 Å². The van der Waals surface area contributed by atoms with Gasteiger partial charge in [-0.15, -0.1) is 0 Å². The van der Waals surface area contributed by atoms with E-state index in [9.17, 15) is 4.79 Å². The van der Waals surface area contributed by atoms with Gasteiger partial charge in [-0.25, -0.2) is 0 Å². The maximum Gasteiger partial charge on any atom is 0.262 e. The smallest absolute Gasteiger partial charge is 0.262 e. The predicted octanol–water partition coefficient (Wildman–Crippen LogP) is 4.68. The minimum atomic E-state index is -0.187. The van der Waals surface area contributed by atoms with Crippen LogP contribution in [0.2, 0.25) is 0 Å². The van der Waals surface area contributed by atoms with E-state index < -0.39 is 0 Å². The van der Waals surface area contributed by atoms with E-state index in [1.54, 1.807) is 6.20 Å². The molecule has 0 saturated heterocycles. The van der Waals surface area contributed by atoms with Gasteiger partial charge in [0.1, 0.15) is 5.75 Å². The molecule has 0 atom stereocenters. The number of aromatic nitrogens is 1. The van der Waals surface area contributed by atoms with Gasteiger partial charge in [-0.3, -0.25) is 9.78 Å². The molecule has 4 heteroatoms. The van der Waals surface area contributed by atoms with E-state index in [1.807, 2.05) is 43.3 Å². The highest BCUT2D eigenvalue weighted by Crippen LogP contribution is 2.27. The molecule has 0 aliphatic heterocycles. The minimum absolute atomic E-state index is 0.0280. The van der Waals surface area contributed by atoms with E-state index in [-0.39, 0.29) is 12.5 Å². The number of hydrogen-bond donors (Lipinski definition) is 1. The summed E-state index contributed by atoms with van der Waals surface area (Å²) < 4.78 is 5.80. The molecule has 0 spiro atoms. The first-order valence-electron chi connectivity index (χ1n) is 8.41. The van der Waals surface area contributed by atoms with E-state index in [1.165, 1.54) is 0 Å². The van der Waals surface area contributed by atoms with Crippen molar-refractivity contribution in [3.8, 4) is 5.75 Å². The van der Waals surface area contributed by atoms with E-state index in [2.05, 4.69) is 36.3 Å². The Hall–Kier alpha value is -2.88. The number of hydrogen-bond acceptors (Lipinski definition) is 3. The molecule has 1 aromatic heterocycles. The Labute approximate surface area is 147 Å². The third kappa shape index (κ3) is 3.97. The van der Waals surface area contributed by atoms with Crippen molar-refractivity contribution in [2.75, 3.05) is 11.9 Å². The van der Waals surface area contributed by atoms with E-state index in [0.29, 0.717) is 5.92 Å². The molecule has 3 aromatic rings. The van der Waals surface area contributed by atoms with Crippen molar-refractivity contribution in [2.45, 2.75) is 26.7 Å². The van der Waals surface area contributed by atoms with Crippen LogP contribution in [0, 0.1) is 6.92 Å². The van der Waals surface area contributed by atoms with Crippen LogP contribution in [0.25, 0.3) is 10.9 Å². The van der Waals surface area contributed by atoms with Gasteiger partial charge in [0.25, 0.3) is 5.91 Å². The van der Waals surface area contributed by atoms with Crippen molar-refractivity contribution in [3.05, 3.63) is 65.9 Å². The molecule has 1 heterocycles. The van der Waals surface area contributed by atoms with Crippen molar-refractivity contribution in [2.24, 2.45) is 0 Å². The Bertz CT molecular complexity index is 898. The Morgan fingerprint density at radius 3 is 2.80 bits per heavy atom. The number of benzene rings is 2. The summed E-state index contributed by atoms with van der Waals surface area (Å²) in [6.45, 7) is 6.21. The molecule has 0 aliphatic carbocycles. The van der Waals surface area contributed by atoms with Gasteiger partial charge in [-0.2, -0.15) is 0 Å². The molecule has 4 nitrogen and oxygen atoms in total. The van der Waals surface area contributed by atoms with Crippen LogP contribution in [0.4, 0.5) is 5.69 Å². The van der Waals surface area contributed by atoms with Gasteiger partial charge in [0.05, 0.1) is 11.2 Å². The number of pyridine rings is 1. The van der Waals surface area contributed by atoms with Gasteiger partial charge in [-0.05, 0) is 54.3 Å². The highest BCUT2D eigenvalue weighted by Gasteiger charge is 2.11. The minimum Gasteiger partial charge on any atom is -0.483 e. The molecule has 1 amide bonds. The molecule has 0 saturated carbocycles. The fourth-order valence-corrected chi connectivity index (χ4v) is 2.79. The van der Waals surface area contributed by atoms with E-state index in [4.69, 9.17) is 4.74 Å². The lowest BCUT2D eigenvalue weighted by molar-refractivity contribution is -0.118. The Kier molecular flexibility index (Phi) is 4.98. The van der Waals surface area contributed by atoms with Gasteiger partial charge >= 0.3 is 0 Å². The number of rotatable bonds is 5. The normalized spacial score (nSPS) is 10.9. The monoisotopic (exact) mass is 334 g/mol. The number of nitrogens with zero attached hydrogens (tertiary/aromatic N) is 1. The SMILES string of the molecule is Cc1ccc(C(C)C)c(OCC(=O)Nc2cccc3ncccc23)c1. The van der Waals surface area contributed by atoms with Crippen LogP contribution in [0.3, 0.4) is 0 Å². The average Bonchev–Trinajstić information content (AvgIpc) is 2.60. The average molecular weight is 334 g/mol. The first-order chi connectivity index (χ1) is 12.0. The molecule has 0 fully saturated rings. The van der Waals surface area contributed by atoms with Crippen LogP contribution in [0.15, 0.2) is 54.7 Å². The number of amides is 1. The van der Waals surface area contributed by atoms with Crippen LogP contribution in [0.5, 0.6) is 5.75 Å². The molecule has 0 aliphatic rings. The third-order valence-corrected chi connectivity index (χ3v) is 4.07. The molecule has 0 unspecified atom stereocenters. The Balaban J connectivity index is 1.72. The largest absolute Gasteiger partial charge is 0.483 e. The zero-order valence-electron chi connectivity index (χ0n) is 14.7. The van der Waals surface area contributed by atoms with Crippen LogP contribution in [-0.4, -0.2) is 17.5 Å². The number of anilines is 1. The summed E-state index contributed by atoms with van der Waals surface area (Å²) in [5.41, 5.74) is 3.81. The van der Waals surface area contributed by atoms with Crippen LogP contribution in [-0.2, 0) is 4.79 Å². The molecular formula is C21H22N2O2. The summed E-state index contributed by atoms with van der Waals surface area (Å²) in [5, 5.41) is 3.83. The number of ether oxygens (including phenoxy) is 1. The second-order valence-electron chi connectivity index (χ2n) is 6.41. The van der Waals surface area contributed by atoms with Crippen LogP contribution < -0.4 is 10.1 Å². The highest BCUT2D eigenvalue weighted by atomic mass is 16.5. The molecule has 25 heavy (non-hydrogen) atoms. The summed E-state index contributed by atoms with van der Waals surface area (Å²) in [5.74, 6) is 0.917. The third-order valence-electron chi connectivity index (χ3n) is 4.07. The summed E-state index contributed by atoms with van der Waals surface area (Å²) in [6, 6.07) is 15.6. The lowest BCUT2D eigenvalue weighted by Gasteiger charge is -2.15. The molecular weight excluding hydrogens is 312 g/mol. The topological polar surface area (TPSA) is 51.2 Å². The lowest BCUT2D eigenvalue weighted by atomic mass is 10.0. The second kappa shape index (κ2) is 7.34. The number of fused-ring (bicyclic) bond motifs is 1. The first-order valence-corrected chi connectivity index (χ1v) is 8.41. The summed E-state index contributed by atoms with van der Waals surface area (Å²) >= 11 is 0. The van der Waals surface area contributed by atoms with Gasteiger partial charge in [-0.1, -0.05) is 32.0 Å².